The Bertz CT molecular complexity index is 1520. The smallest absolute Gasteiger partial charge is 0.306 e. The fraction of sp³-hybridized carbons (Fsp3) is 0.655. The molecule has 0 amide bonds. The molecule has 0 aromatic heterocycles. The van der Waals surface area contributed by atoms with E-state index in [1.807, 2.05) is 21.1 Å². The molecule has 0 aromatic rings. The SMILES string of the molecule is CC/C=C\C/C=C\C/C=C\C/C=C\C/C=C\C/C=C\CCCCCCCCCCCCCCC(=O)OC(COC(=O)CCCCC/C=C\C/C=C\C/C=C\CC)COP(=O)([O-])OCC[N+](C)(C)C. The molecular weight excluding hydrogens is 870 g/mol. The van der Waals surface area contributed by atoms with Crippen molar-refractivity contribution in [2.75, 3.05) is 47.5 Å². The highest BCUT2D eigenvalue weighted by atomic mass is 31.2. The lowest BCUT2D eigenvalue weighted by molar-refractivity contribution is -0.870. The van der Waals surface area contributed by atoms with Gasteiger partial charge in [0.15, 0.2) is 6.10 Å². The van der Waals surface area contributed by atoms with Gasteiger partial charge in [0.2, 0.25) is 0 Å². The zero-order valence-electron chi connectivity index (χ0n) is 43.8. The summed E-state index contributed by atoms with van der Waals surface area (Å²) < 4.78 is 34.0. The molecule has 0 spiro atoms. The number of rotatable bonds is 47. The summed E-state index contributed by atoms with van der Waals surface area (Å²) in [6, 6.07) is 0. The lowest BCUT2D eigenvalue weighted by Crippen LogP contribution is -2.37. The van der Waals surface area contributed by atoms with Crippen molar-refractivity contribution in [1.82, 2.24) is 0 Å². The van der Waals surface area contributed by atoms with Crippen LogP contribution in [-0.2, 0) is 32.7 Å². The predicted molar refractivity (Wildman–Crippen MR) is 286 cm³/mol. The molecule has 0 aliphatic carbocycles. The monoisotopic (exact) mass is 968 g/mol. The highest BCUT2D eigenvalue weighted by Crippen LogP contribution is 2.38. The zero-order valence-corrected chi connectivity index (χ0v) is 44.7. The maximum atomic E-state index is 12.8. The molecular formula is C58H98NO8P. The second kappa shape index (κ2) is 48.7. The third-order valence-corrected chi connectivity index (χ3v) is 11.8. The third-order valence-electron chi connectivity index (χ3n) is 10.8. The van der Waals surface area contributed by atoms with E-state index in [1.54, 1.807) is 0 Å². The Kier molecular flexibility index (Phi) is 46.3. The number of likely N-dealkylation sites (N-methyl/N-ethyl adjacent to an activating group) is 1. The number of phosphoric acid groups is 1. The number of phosphoric ester groups is 1. The molecule has 388 valence electrons. The Morgan fingerprint density at radius 1 is 0.456 bits per heavy atom. The largest absolute Gasteiger partial charge is 0.756 e. The van der Waals surface area contributed by atoms with Gasteiger partial charge in [-0.3, -0.25) is 14.2 Å². The quantitative estimate of drug-likeness (QED) is 0.0195. The van der Waals surface area contributed by atoms with Crippen molar-refractivity contribution in [3.8, 4) is 0 Å². The van der Waals surface area contributed by atoms with Gasteiger partial charge < -0.3 is 27.9 Å². The number of nitrogens with zero attached hydrogens (tertiary/aromatic N) is 1. The molecule has 0 saturated heterocycles. The Morgan fingerprint density at radius 2 is 0.794 bits per heavy atom. The van der Waals surface area contributed by atoms with Crippen LogP contribution in [-0.4, -0.2) is 70.0 Å². The average Bonchev–Trinajstić information content (AvgIpc) is 3.30. The summed E-state index contributed by atoms with van der Waals surface area (Å²) in [6.45, 7) is 3.95. The van der Waals surface area contributed by atoms with Gasteiger partial charge in [-0.2, -0.15) is 0 Å². The van der Waals surface area contributed by atoms with E-state index < -0.39 is 32.5 Å². The van der Waals surface area contributed by atoms with Gasteiger partial charge in [-0.1, -0.05) is 194 Å². The van der Waals surface area contributed by atoms with Crippen molar-refractivity contribution in [2.45, 2.75) is 200 Å². The van der Waals surface area contributed by atoms with E-state index in [0.29, 0.717) is 23.9 Å². The first-order chi connectivity index (χ1) is 33.0. The molecule has 0 heterocycles. The van der Waals surface area contributed by atoms with E-state index in [2.05, 4.69) is 123 Å². The molecule has 2 atom stereocenters. The minimum absolute atomic E-state index is 0.0413. The molecule has 10 heteroatoms. The van der Waals surface area contributed by atoms with Gasteiger partial charge >= 0.3 is 11.9 Å². The first-order valence-electron chi connectivity index (χ1n) is 26.6. The second-order valence-corrected chi connectivity index (χ2v) is 19.9. The molecule has 0 aliphatic rings. The van der Waals surface area contributed by atoms with Crippen molar-refractivity contribution < 1.29 is 42.1 Å². The van der Waals surface area contributed by atoms with Crippen molar-refractivity contribution >= 4 is 19.8 Å². The van der Waals surface area contributed by atoms with Gasteiger partial charge in [-0.05, 0) is 96.3 Å². The van der Waals surface area contributed by atoms with E-state index in [0.717, 1.165) is 96.3 Å². The fourth-order valence-corrected chi connectivity index (χ4v) is 7.46. The molecule has 0 saturated carbocycles. The van der Waals surface area contributed by atoms with Crippen LogP contribution in [0.25, 0.3) is 0 Å². The molecule has 0 N–H and O–H groups in total. The predicted octanol–water partition coefficient (Wildman–Crippen LogP) is 15.6. The number of carbonyl (C=O) groups excluding carboxylic acids is 2. The number of ether oxygens (including phenoxy) is 2. The van der Waals surface area contributed by atoms with Gasteiger partial charge in [-0.25, -0.2) is 0 Å². The zero-order chi connectivity index (χ0) is 49.9. The maximum absolute atomic E-state index is 12.8. The molecule has 9 nitrogen and oxygen atoms in total. The molecule has 0 radical (unpaired) electrons. The molecule has 2 unspecified atom stereocenters. The van der Waals surface area contributed by atoms with Crippen LogP contribution in [0, 0.1) is 0 Å². The standard InChI is InChI=1S/C58H98NO8P/c1-6-8-10-12-14-16-18-20-21-22-23-24-25-26-27-28-29-30-31-32-33-34-35-36-37-39-41-43-45-47-49-51-58(61)67-56(55-66-68(62,63)65-53-52-59(3,4)5)54-64-57(60)50-48-46-44-42-40-38-19-17-15-13-11-9-7-2/h8-11,14-17,20-21,23-24,26-27,29-30,38,40,56H,6-7,12-13,18-19,22,25,28,31-37,39,41-55H2,1-5H3/b10-8-,11-9-,16-14-,17-15-,21-20-,24-23-,27-26-,30-29-,40-38-. The summed E-state index contributed by atoms with van der Waals surface area (Å²) in [6.07, 6.45) is 67.1. The molecule has 68 heavy (non-hydrogen) atoms. The number of hydrogen-bond acceptors (Lipinski definition) is 8. The molecule has 0 rings (SSSR count). The lowest BCUT2D eigenvalue weighted by Gasteiger charge is -2.28. The van der Waals surface area contributed by atoms with Gasteiger partial charge in [0.25, 0.3) is 7.82 Å². The summed E-state index contributed by atoms with van der Waals surface area (Å²) in [5, 5.41) is 0. The van der Waals surface area contributed by atoms with Crippen molar-refractivity contribution in [1.29, 1.82) is 0 Å². The van der Waals surface area contributed by atoms with Gasteiger partial charge in [0, 0.05) is 12.8 Å². The van der Waals surface area contributed by atoms with E-state index in [-0.39, 0.29) is 26.1 Å². The molecule has 0 aromatic carbocycles. The van der Waals surface area contributed by atoms with E-state index in [4.69, 9.17) is 18.5 Å². The number of esters is 2. The Balaban J connectivity index is 4.16. The Hall–Kier alpha value is -3.33. The summed E-state index contributed by atoms with van der Waals surface area (Å²) in [5.41, 5.74) is 0. The third kappa shape index (κ3) is 52.0. The van der Waals surface area contributed by atoms with Gasteiger partial charge in [0.05, 0.1) is 27.7 Å². The van der Waals surface area contributed by atoms with Crippen molar-refractivity contribution in [2.24, 2.45) is 0 Å². The Labute approximate surface area is 416 Å². The van der Waals surface area contributed by atoms with E-state index in [9.17, 15) is 19.0 Å². The highest BCUT2D eigenvalue weighted by Gasteiger charge is 2.21. The molecule has 0 aliphatic heterocycles. The first kappa shape index (κ1) is 64.7. The minimum atomic E-state index is -4.64. The molecule has 0 fully saturated rings. The van der Waals surface area contributed by atoms with Crippen LogP contribution in [0.5, 0.6) is 0 Å². The second-order valence-electron chi connectivity index (χ2n) is 18.5. The topological polar surface area (TPSA) is 111 Å². The number of allylic oxidation sites excluding steroid dienone is 18. The van der Waals surface area contributed by atoms with Crippen LogP contribution in [0.3, 0.4) is 0 Å². The van der Waals surface area contributed by atoms with Crippen molar-refractivity contribution in [3.63, 3.8) is 0 Å². The lowest BCUT2D eigenvalue weighted by atomic mass is 10.0. The normalized spacial score (nSPS) is 14.3. The van der Waals surface area contributed by atoms with E-state index >= 15 is 0 Å². The summed E-state index contributed by atoms with van der Waals surface area (Å²) in [5.74, 6) is -0.878. The van der Waals surface area contributed by atoms with Gasteiger partial charge in [0.1, 0.15) is 19.8 Å². The number of hydrogen-bond donors (Lipinski definition) is 0. The van der Waals surface area contributed by atoms with Crippen LogP contribution in [0.1, 0.15) is 194 Å². The van der Waals surface area contributed by atoms with Crippen LogP contribution < -0.4 is 4.89 Å². The summed E-state index contributed by atoms with van der Waals surface area (Å²) in [4.78, 5) is 37.7. The fourth-order valence-electron chi connectivity index (χ4n) is 6.73. The first-order valence-corrected chi connectivity index (χ1v) is 28.1. The minimum Gasteiger partial charge on any atom is -0.756 e. The maximum Gasteiger partial charge on any atom is 0.306 e. The summed E-state index contributed by atoms with van der Waals surface area (Å²) >= 11 is 0. The average molecular weight is 968 g/mol. The van der Waals surface area contributed by atoms with Gasteiger partial charge in [-0.15, -0.1) is 0 Å². The number of quaternary nitrogens is 1. The van der Waals surface area contributed by atoms with Crippen LogP contribution in [0.4, 0.5) is 0 Å². The number of unbranched alkanes of at least 4 members (excludes halogenated alkanes) is 15. The summed E-state index contributed by atoms with van der Waals surface area (Å²) in [7, 11) is 1.13. The molecule has 0 bridgehead atoms. The van der Waals surface area contributed by atoms with Crippen LogP contribution >= 0.6 is 7.82 Å². The highest BCUT2D eigenvalue weighted by molar-refractivity contribution is 7.45. The van der Waals surface area contributed by atoms with E-state index in [1.165, 1.54) is 57.8 Å². The van der Waals surface area contributed by atoms with Crippen LogP contribution in [0.2, 0.25) is 0 Å². The van der Waals surface area contributed by atoms with Crippen LogP contribution in [0.15, 0.2) is 109 Å². The van der Waals surface area contributed by atoms with Crippen molar-refractivity contribution in [3.05, 3.63) is 109 Å². The number of carbonyl (C=O) groups is 2. The Morgan fingerprint density at radius 3 is 1.19 bits per heavy atom.